The molecule has 0 fully saturated rings. The molecule has 4 heterocycles. The third-order valence-electron chi connectivity index (χ3n) is 11.5. The van der Waals surface area contributed by atoms with Gasteiger partial charge in [0, 0.05) is 65.4 Å². The van der Waals surface area contributed by atoms with Crippen LogP contribution in [0.1, 0.15) is 43.0 Å². The van der Waals surface area contributed by atoms with E-state index in [1.54, 1.807) is 49.3 Å². The lowest BCUT2D eigenvalue weighted by atomic mass is 9.93. The number of hydrogen-bond acceptors (Lipinski definition) is 9. The van der Waals surface area contributed by atoms with Crippen molar-refractivity contribution in [1.82, 2.24) is 14.7 Å². The molecule has 12 heteroatoms. The molecule has 4 aliphatic heterocycles. The van der Waals surface area contributed by atoms with Crippen molar-refractivity contribution in [2.75, 3.05) is 78.0 Å². The molecule has 0 radical (unpaired) electrons. The Balaban J connectivity index is 0.902. The number of fused-ring (bicyclic) bond motifs is 6. The normalized spacial score (nSPS) is 18.7. The number of carbonyl (C=O) groups excluding carboxylic acids is 3. The van der Waals surface area contributed by atoms with Crippen molar-refractivity contribution in [3.8, 4) is 23.0 Å². The molecule has 8 rings (SSSR count). The monoisotopic (exact) mass is 745 g/mol. The SMILES string of the molecule is COc1cc2c(cc1OCCN(C)CCOc1cc3c(cc1OC)C(=O)N1Cc4ccccc4C[C@H]1C(=O)N3C)N(C)CC1Cc3ccccc3CN1C2=O. The molecule has 12 nitrogen and oxygen atoms in total. The number of rotatable bonds is 10. The van der Waals surface area contributed by atoms with E-state index < -0.39 is 6.04 Å². The molecule has 1 unspecified atom stereocenters. The third-order valence-corrected chi connectivity index (χ3v) is 11.5. The van der Waals surface area contributed by atoms with E-state index in [-0.39, 0.29) is 23.8 Å². The number of likely N-dealkylation sites (N-methyl/N-ethyl adjacent to an activating group) is 3. The Morgan fingerprint density at radius 3 is 1.76 bits per heavy atom. The second-order valence-electron chi connectivity index (χ2n) is 14.8. The Kier molecular flexibility index (Phi) is 9.77. The number of nitrogens with zero attached hydrogens (tertiary/aromatic N) is 5. The van der Waals surface area contributed by atoms with E-state index in [1.807, 2.05) is 55.4 Å². The molecule has 286 valence electrons. The molecule has 3 amide bonds. The average molecular weight is 746 g/mol. The molecular formula is C43H47N5O7. The zero-order valence-corrected chi connectivity index (χ0v) is 32.0. The predicted molar refractivity (Wildman–Crippen MR) is 209 cm³/mol. The molecule has 0 aromatic heterocycles. The number of carbonyl (C=O) groups is 3. The number of anilines is 2. The van der Waals surface area contributed by atoms with Gasteiger partial charge in [-0.15, -0.1) is 0 Å². The van der Waals surface area contributed by atoms with E-state index in [0.29, 0.717) is 92.2 Å². The molecule has 0 saturated carbocycles. The lowest BCUT2D eigenvalue weighted by Gasteiger charge is -2.36. The summed E-state index contributed by atoms with van der Waals surface area (Å²) in [6.07, 6.45) is 1.29. The molecule has 2 atom stereocenters. The van der Waals surface area contributed by atoms with Gasteiger partial charge in [0.25, 0.3) is 11.8 Å². The minimum atomic E-state index is -0.582. The topological polar surface area (TPSA) is 104 Å². The van der Waals surface area contributed by atoms with Crippen LogP contribution in [-0.2, 0) is 30.7 Å². The van der Waals surface area contributed by atoms with Gasteiger partial charge in [0.2, 0.25) is 5.91 Å². The third kappa shape index (κ3) is 6.69. The lowest BCUT2D eigenvalue weighted by Crippen LogP contribution is -2.50. The van der Waals surface area contributed by atoms with Gasteiger partial charge < -0.3 is 38.5 Å². The highest BCUT2D eigenvalue weighted by molar-refractivity contribution is 6.11. The molecular weight excluding hydrogens is 699 g/mol. The van der Waals surface area contributed by atoms with Crippen LogP contribution in [0.2, 0.25) is 0 Å². The van der Waals surface area contributed by atoms with Crippen molar-refractivity contribution >= 4 is 29.1 Å². The standard InChI is InChI=1S/C43H47N5O7/c1-44(14-16-54-39-22-34-32(20-37(39)52-4)41(49)47-24-29-12-8-6-10-27(29)18-31(47)26-45(34)2)15-17-55-40-23-35-33(21-38(40)53-5)42(50)48-25-30-13-9-7-11-28(30)19-36(48)43(51)46(35)3/h6-13,20-23,31,36H,14-19,24-26H2,1-5H3/t31?,36-/m0/s1. The second-order valence-corrected chi connectivity index (χ2v) is 14.8. The highest BCUT2D eigenvalue weighted by Crippen LogP contribution is 2.41. The summed E-state index contributed by atoms with van der Waals surface area (Å²) in [6, 6.07) is 22.9. The van der Waals surface area contributed by atoms with Crippen LogP contribution in [0, 0.1) is 0 Å². The molecule has 0 N–H and O–H groups in total. The minimum absolute atomic E-state index is 0.00107. The lowest BCUT2D eigenvalue weighted by molar-refractivity contribution is -0.123. The minimum Gasteiger partial charge on any atom is -0.493 e. The van der Waals surface area contributed by atoms with Crippen LogP contribution in [-0.4, -0.2) is 113 Å². The summed E-state index contributed by atoms with van der Waals surface area (Å²) in [6.45, 7) is 3.56. The van der Waals surface area contributed by atoms with Gasteiger partial charge in [0.1, 0.15) is 19.3 Å². The maximum Gasteiger partial charge on any atom is 0.257 e. The van der Waals surface area contributed by atoms with Crippen LogP contribution in [0.4, 0.5) is 11.4 Å². The van der Waals surface area contributed by atoms with Crippen molar-refractivity contribution in [2.24, 2.45) is 0 Å². The summed E-state index contributed by atoms with van der Waals surface area (Å²) in [5.41, 5.74) is 6.96. The summed E-state index contributed by atoms with van der Waals surface area (Å²) in [7, 11) is 8.85. The van der Waals surface area contributed by atoms with E-state index in [2.05, 4.69) is 28.0 Å². The number of benzene rings is 4. The molecule has 0 aliphatic carbocycles. The van der Waals surface area contributed by atoms with E-state index in [9.17, 15) is 14.4 Å². The Hall–Kier alpha value is -5.75. The Morgan fingerprint density at radius 1 is 0.655 bits per heavy atom. The Bertz CT molecular complexity index is 2160. The number of hydrogen-bond donors (Lipinski definition) is 0. The Labute approximate surface area is 321 Å². The maximum absolute atomic E-state index is 13.9. The fourth-order valence-corrected chi connectivity index (χ4v) is 8.33. The summed E-state index contributed by atoms with van der Waals surface area (Å²) >= 11 is 0. The average Bonchev–Trinajstić information content (AvgIpc) is 3.34. The van der Waals surface area contributed by atoms with Crippen LogP contribution >= 0.6 is 0 Å². The first-order valence-electron chi connectivity index (χ1n) is 18.8. The maximum atomic E-state index is 13.9. The summed E-state index contributed by atoms with van der Waals surface area (Å²) in [5.74, 6) is 1.63. The fraction of sp³-hybridized carbons (Fsp3) is 0.372. The summed E-state index contributed by atoms with van der Waals surface area (Å²) in [4.78, 5) is 51.0. The van der Waals surface area contributed by atoms with Gasteiger partial charge in [-0.05, 0) is 47.9 Å². The van der Waals surface area contributed by atoms with Crippen LogP contribution in [0.25, 0.3) is 0 Å². The summed E-state index contributed by atoms with van der Waals surface area (Å²) < 4.78 is 23.9. The van der Waals surface area contributed by atoms with Gasteiger partial charge in [-0.3, -0.25) is 19.3 Å². The first kappa shape index (κ1) is 36.2. The van der Waals surface area contributed by atoms with Crippen molar-refractivity contribution < 1.29 is 33.3 Å². The molecule has 4 aromatic carbocycles. The smallest absolute Gasteiger partial charge is 0.257 e. The fourth-order valence-electron chi connectivity index (χ4n) is 8.33. The van der Waals surface area contributed by atoms with E-state index in [0.717, 1.165) is 23.2 Å². The van der Waals surface area contributed by atoms with Crippen molar-refractivity contribution in [3.63, 3.8) is 0 Å². The van der Waals surface area contributed by atoms with E-state index >= 15 is 0 Å². The zero-order chi connectivity index (χ0) is 38.4. The van der Waals surface area contributed by atoms with Gasteiger partial charge in [0.05, 0.1) is 42.8 Å². The van der Waals surface area contributed by atoms with Crippen molar-refractivity contribution in [2.45, 2.75) is 38.0 Å². The molecule has 0 saturated heterocycles. The molecule has 0 spiro atoms. The first-order chi connectivity index (χ1) is 26.6. The van der Waals surface area contributed by atoms with Crippen LogP contribution < -0.4 is 28.7 Å². The quantitative estimate of drug-likeness (QED) is 0.230. The van der Waals surface area contributed by atoms with Crippen molar-refractivity contribution in [3.05, 3.63) is 106 Å². The van der Waals surface area contributed by atoms with Gasteiger partial charge in [-0.1, -0.05) is 48.5 Å². The molecule has 0 bridgehead atoms. The second kappa shape index (κ2) is 14.8. The van der Waals surface area contributed by atoms with Gasteiger partial charge in [0.15, 0.2) is 23.0 Å². The largest absolute Gasteiger partial charge is 0.493 e. The number of methoxy groups -OCH3 is 2. The zero-order valence-electron chi connectivity index (χ0n) is 32.0. The van der Waals surface area contributed by atoms with E-state index in [4.69, 9.17) is 18.9 Å². The number of ether oxygens (including phenoxy) is 4. The predicted octanol–water partition coefficient (Wildman–Crippen LogP) is 4.65. The first-order valence-corrected chi connectivity index (χ1v) is 18.8. The highest BCUT2D eigenvalue weighted by atomic mass is 16.5. The van der Waals surface area contributed by atoms with Crippen molar-refractivity contribution in [1.29, 1.82) is 0 Å². The van der Waals surface area contributed by atoms with Gasteiger partial charge in [-0.25, -0.2) is 0 Å². The van der Waals surface area contributed by atoms with E-state index in [1.165, 1.54) is 11.1 Å². The number of amides is 3. The van der Waals surface area contributed by atoms with Crippen LogP contribution in [0.5, 0.6) is 23.0 Å². The summed E-state index contributed by atoms with van der Waals surface area (Å²) in [5, 5.41) is 0. The van der Waals surface area contributed by atoms with Gasteiger partial charge >= 0.3 is 0 Å². The van der Waals surface area contributed by atoms with Crippen LogP contribution in [0.3, 0.4) is 0 Å². The van der Waals surface area contributed by atoms with Gasteiger partial charge in [-0.2, -0.15) is 0 Å². The Morgan fingerprint density at radius 2 is 1.16 bits per heavy atom. The molecule has 4 aromatic rings. The highest BCUT2D eigenvalue weighted by Gasteiger charge is 2.42. The molecule has 55 heavy (non-hydrogen) atoms. The molecule has 4 aliphatic rings. The van der Waals surface area contributed by atoms with Crippen LogP contribution in [0.15, 0.2) is 72.8 Å².